The standard InChI is InChI=1S/C36H49N5O10S/c1-3-34(10-4-5-11-34)35(12-6-23-17-22(16-21-8-14-38-15-9-21)18-24-27(23)28(35)51-32(24)47)52-19-25(29(43)41-30(44)31(45)46)40-26(42)7-13-36(50,33(48)49)39-20-37-2/h8-9,14-15,18,23-25,30,37,39,44,50H,3-7,10-13,16-17,19-20H2,1-2H3,(H,40,42)(H,41,43)(H,45,46)(H,48,49)/t23-,24+,25+,30+,35-,36-/m1/s1. The average Bonchev–Trinajstić information content (AvgIpc) is 3.75. The maximum atomic E-state index is 13.7. The van der Waals surface area contributed by atoms with E-state index >= 15 is 0 Å². The molecular formula is C36H49N5O10S. The summed E-state index contributed by atoms with van der Waals surface area (Å²) < 4.78 is 5.56. The summed E-state index contributed by atoms with van der Waals surface area (Å²) in [6, 6.07) is 2.56. The van der Waals surface area contributed by atoms with Gasteiger partial charge in [-0.25, -0.2) is 9.59 Å². The van der Waals surface area contributed by atoms with Crippen molar-refractivity contribution in [3.63, 3.8) is 0 Å². The second-order valence-electron chi connectivity index (χ2n) is 14.2. The number of esters is 1. The molecule has 2 amide bonds. The number of rotatable bonds is 18. The van der Waals surface area contributed by atoms with Crippen molar-refractivity contribution in [2.24, 2.45) is 17.3 Å². The number of nitrogens with one attached hydrogen (secondary N) is 4. The van der Waals surface area contributed by atoms with Crippen LogP contribution in [0, 0.1) is 17.3 Å². The van der Waals surface area contributed by atoms with Crippen LogP contribution >= 0.6 is 11.8 Å². The van der Waals surface area contributed by atoms with Gasteiger partial charge in [0, 0.05) is 37.7 Å². The molecule has 0 aromatic carbocycles. The van der Waals surface area contributed by atoms with E-state index in [0.29, 0.717) is 18.6 Å². The molecule has 1 aliphatic heterocycles. The number of carbonyl (C=O) groups excluding carboxylic acids is 3. The van der Waals surface area contributed by atoms with Crippen molar-refractivity contribution in [3.8, 4) is 0 Å². The third-order valence-corrected chi connectivity index (χ3v) is 13.0. The van der Waals surface area contributed by atoms with Crippen LogP contribution in [0.5, 0.6) is 0 Å². The van der Waals surface area contributed by atoms with Crippen LogP contribution in [0.2, 0.25) is 0 Å². The lowest BCUT2D eigenvalue weighted by atomic mass is 9.61. The maximum Gasteiger partial charge on any atom is 0.353 e. The van der Waals surface area contributed by atoms with Gasteiger partial charge < -0.3 is 41.1 Å². The predicted molar refractivity (Wildman–Crippen MR) is 189 cm³/mol. The molecule has 0 spiro atoms. The zero-order valence-corrected chi connectivity index (χ0v) is 30.3. The summed E-state index contributed by atoms with van der Waals surface area (Å²) in [5.41, 5.74) is 0.535. The quantitative estimate of drug-likeness (QED) is 0.0606. The number of aliphatic carboxylic acids is 2. The number of aliphatic hydroxyl groups is 2. The summed E-state index contributed by atoms with van der Waals surface area (Å²) in [5, 5.41) is 49.1. The van der Waals surface area contributed by atoms with E-state index in [1.54, 1.807) is 12.4 Å². The second kappa shape index (κ2) is 16.5. The van der Waals surface area contributed by atoms with Gasteiger partial charge in [-0.05, 0) is 86.6 Å². The van der Waals surface area contributed by atoms with Crippen molar-refractivity contribution >= 4 is 41.5 Å². The smallest absolute Gasteiger partial charge is 0.353 e. The first-order valence-electron chi connectivity index (χ1n) is 17.8. The third-order valence-electron chi connectivity index (χ3n) is 11.2. The Morgan fingerprint density at radius 1 is 1.12 bits per heavy atom. The van der Waals surface area contributed by atoms with Crippen molar-refractivity contribution in [3.05, 3.63) is 53.1 Å². The Hall–Kier alpha value is -3.83. The number of carboxylic acid groups (broad SMARTS) is 2. The van der Waals surface area contributed by atoms with Gasteiger partial charge in [0.1, 0.15) is 17.7 Å². The highest BCUT2D eigenvalue weighted by Gasteiger charge is 2.61. The van der Waals surface area contributed by atoms with Crippen molar-refractivity contribution in [1.29, 1.82) is 0 Å². The van der Waals surface area contributed by atoms with E-state index in [1.807, 2.05) is 23.5 Å². The minimum atomic E-state index is -2.44. The first kappa shape index (κ1) is 39.4. The number of hydrogen-bond donors (Lipinski definition) is 8. The number of aromatic nitrogens is 1. The third kappa shape index (κ3) is 8.05. The molecule has 0 saturated heterocycles. The maximum absolute atomic E-state index is 13.7. The van der Waals surface area contributed by atoms with Gasteiger partial charge in [-0.3, -0.25) is 24.7 Å². The van der Waals surface area contributed by atoms with Gasteiger partial charge in [0.25, 0.3) is 0 Å². The van der Waals surface area contributed by atoms with Crippen molar-refractivity contribution < 1.29 is 49.1 Å². The molecule has 1 saturated carbocycles. The zero-order chi connectivity index (χ0) is 37.7. The van der Waals surface area contributed by atoms with Crippen LogP contribution < -0.4 is 21.3 Å². The first-order chi connectivity index (χ1) is 24.8. The summed E-state index contributed by atoms with van der Waals surface area (Å²) >= 11 is 1.41. The Labute approximate surface area is 306 Å². The number of pyridine rings is 1. The molecule has 2 heterocycles. The highest BCUT2D eigenvalue weighted by Crippen LogP contribution is 2.66. The van der Waals surface area contributed by atoms with E-state index in [1.165, 1.54) is 24.4 Å². The van der Waals surface area contributed by atoms with Crippen molar-refractivity contribution in [2.75, 3.05) is 19.5 Å². The summed E-state index contributed by atoms with van der Waals surface area (Å²) in [5.74, 6) is -5.19. The van der Waals surface area contributed by atoms with Crippen LogP contribution in [0.25, 0.3) is 0 Å². The Morgan fingerprint density at radius 3 is 2.46 bits per heavy atom. The van der Waals surface area contributed by atoms with E-state index in [0.717, 1.165) is 56.1 Å². The van der Waals surface area contributed by atoms with Crippen molar-refractivity contribution in [2.45, 2.75) is 100 Å². The van der Waals surface area contributed by atoms with E-state index in [2.05, 4.69) is 27.9 Å². The number of allylic oxidation sites excluding steroid dienone is 1. The topological polar surface area (TPSA) is 237 Å². The number of ether oxygens (including phenoxy) is 1. The van der Waals surface area contributed by atoms with Crippen LogP contribution in [0.3, 0.4) is 0 Å². The van der Waals surface area contributed by atoms with Crippen LogP contribution in [0.4, 0.5) is 0 Å². The fourth-order valence-corrected chi connectivity index (χ4v) is 10.3. The van der Waals surface area contributed by atoms with Gasteiger partial charge in [0.2, 0.25) is 23.8 Å². The van der Waals surface area contributed by atoms with Gasteiger partial charge in [-0.2, -0.15) is 0 Å². The normalized spacial score (nSPS) is 25.6. The molecule has 4 aliphatic rings. The highest BCUT2D eigenvalue weighted by atomic mass is 32.2. The molecule has 8 N–H and O–H groups in total. The molecular weight excluding hydrogens is 694 g/mol. The minimum absolute atomic E-state index is 0.0631. The van der Waals surface area contributed by atoms with Crippen LogP contribution in [-0.2, 0) is 35.1 Å². The summed E-state index contributed by atoms with van der Waals surface area (Å²) in [7, 11) is 1.54. The fourth-order valence-electron chi connectivity index (χ4n) is 8.44. The lowest BCUT2D eigenvalue weighted by Crippen LogP contribution is -2.56. The monoisotopic (exact) mass is 743 g/mol. The second-order valence-corrected chi connectivity index (χ2v) is 15.5. The van der Waals surface area contributed by atoms with Crippen LogP contribution in [-0.4, -0.2) is 97.3 Å². The summed E-state index contributed by atoms with van der Waals surface area (Å²) in [6.07, 6.45) is 9.67. The lowest BCUT2D eigenvalue weighted by molar-refractivity contribution is -0.164. The highest BCUT2D eigenvalue weighted by molar-refractivity contribution is 8.01. The molecule has 0 radical (unpaired) electrons. The van der Waals surface area contributed by atoms with Gasteiger partial charge in [-0.1, -0.05) is 31.4 Å². The molecule has 5 rings (SSSR count). The lowest BCUT2D eigenvalue weighted by Gasteiger charge is -2.52. The fraction of sp³-hybridized carbons (Fsp3) is 0.611. The first-order valence-corrected chi connectivity index (χ1v) is 18.8. The number of carbonyl (C=O) groups is 5. The molecule has 284 valence electrons. The Bertz CT molecular complexity index is 1600. The zero-order valence-electron chi connectivity index (χ0n) is 29.5. The van der Waals surface area contributed by atoms with Gasteiger partial charge in [-0.15, -0.1) is 11.8 Å². The van der Waals surface area contributed by atoms with Crippen molar-refractivity contribution in [1.82, 2.24) is 26.3 Å². The number of hydrogen-bond acceptors (Lipinski definition) is 12. The van der Waals surface area contributed by atoms with E-state index in [4.69, 9.17) is 4.74 Å². The number of thioether (sulfide) groups is 1. The number of aliphatic hydroxyl groups excluding tert-OH is 1. The largest absolute Gasteiger partial charge is 0.478 e. The van der Waals surface area contributed by atoms with E-state index in [9.17, 15) is 44.4 Å². The molecule has 15 nitrogen and oxygen atoms in total. The summed E-state index contributed by atoms with van der Waals surface area (Å²) in [4.78, 5) is 67.7. The number of amides is 2. The Balaban J connectivity index is 1.45. The molecule has 16 heteroatoms. The molecule has 1 aromatic rings. The molecule has 6 atom stereocenters. The molecule has 52 heavy (non-hydrogen) atoms. The van der Waals surface area contributed by atoms with Gasteiger partial charge in [0.15, 0.2) is 0 Å². The predicted octanol–water partition coefficient (Wildman–Crippen LogP) is 1.56. The van der Waals surface area contributed by atoms with E-state index < -0.39 is 65.3 Å². The number of carboxylic acids is 2. The molecule has 3 aliphatic carbocycles. The Kier molecular flexibility index (Phi) is 12.5. The summed E-state index contributed by atoms with van der Waals surface area (Å²) in [6.45, 7) is 2.06. The van der Waals surface area contributed by atoms with Crippen LogP contribution in [0.15, 0.2) is 47.5 Å². The Morgan fingerprint density at radius 2 is 1.83 bits per heavy atom. The van der Waals surface area contributed by atoms with Gasteiger partial charge >= 0.3 is 17.9 Å². The van der Waals surface area contributed by atoms with Crippen LogP contribution in [0.1, 0.15) is 76.7 Å². The van der Waals surface area contributed by atoms with E-state index in [-0.39, 0.29) is 29.7 Å². The number of nitrogens with zero attached hydrogens (tertiary/aromatic N) is 1. The minimum Gasteiger partial charge on any atom is -0.478 e. The molecule has 1 aromatic heterocycles. The molecule has 1 fully saturated rings. The average molecular weight is 744 g/mol. The molecule has 0 unspecified atom stereocenters. The SMILES string of the molecule is CCC1([C@@]2(SC[C@H](NC(=O)CC[C@](O)(NCNC)C(=O)O)C(=O)N[C@@H](O)C(=O)O)CC[C@@H]3CC(Cc4ccncc4)=C[C@@H]4C(=O)OC2=C34)CCCC1. The molecule has 0 bridgehead atoms. The van der Waals surface area contributed by atoms with Gasteiger partial charge in [0.05, 0.1) is 4.75 Å².